The number of hydrogen-bond donors (Lipinski definition) is 4. The minimum atomic E-state index is -3.99. The van der Waals surface area contributed by atoms with Crippen LogP contribution >= 0.6 is 12.4 Å². The van der Waals surface area contributed by atoms with E-state index in [0.29, 0.717) is 23.5 Å². The predicted molar refractivity (Wildman–Crippen MR) is 150 cm³/mol. The summed E-state index contributed by atoms with van der Waals surface area (Å²) in [6.45, 7) is 2.19. The molecule has 0 aromatic heterocycles. The van der Waals surface area contributed by atoms with Gasteiger partial charge in [-0.05, 0) is 59.5 Å². The second-order valence-electron chi connectivity index (χ2n) is 8.77. The van der Waals surface area contributed by atoms with E-state index in [-0.39, 0.29) is 29.6 Å². The number of nitrogens with two attached hydrogens (primary N) is 1. The number of aryl methyl sites for hydroxylation is 1. The van der Waals surface area contributed by atoms with Crippen LogP contribution in [-0.4, -0.2) is 31.4 Å². The van der Waals surface area contributed by atoms with Crippen LogP contribution in [-0.2, 0) is 27.8 Å². The Hall–Kier alpha value is -3.92. The van der Waals surface area contributed by atoms with Gasteiger partial charge in [-0.2, -0.15) is 4.72 Å². The second-order valence-corrected chi connectivity index (χ2v) is 10.5. The minimum Gasteiger partial charge on any atom is -0.489 e. The molecule has 0 saturated carbocycles. The van der Waals surface area contributed by atoms with E-state index in [1.807, 2.05) is 49.4 Å². The fourth-order valence-electron chi connectivity index (χ4n) is 3.83. The number of carboxylic acids is 1. The standard InChI is InChI=1S/C28H27N3O5S.ClH/c1-18-2-12-25(13-3-18)37(34,35)31-26(28(32)33)15-20-6-9-23-16-24(11-10-22(23)14-20)36-17-19-4-7-21(8-5-19)27(29)30;/h2-14,16,26,31H,15,17H2,1H3,(H3,29,30)(H,32,33);1H. The third-order valence-electron chi connectivity index (χ3n) is 5.91. The number of nitrogens with one attached hydrogen (secondary N) is 2. The molecule has 8 nitrogen and oxygen atoms in total. The molecule has 0 amide bonds. The first-order valence-corrected chi connectivity index (χ1v) is 13.0. The van der Waals surface area contributed by atoms with Crippen LogP contribution in [0, 0.1) is 12.3 Å². The van der Waals surface area contributed by atoms with Crippen molar-refractivity contribution >= 4 is 45.0 Å². The maximum atomic E-state index is 12.7. The van der Waals surface area contributed by atoms with Crippen LogP contribution in [0.1, 0.15) is 22.3 Å². The molecule has 0 aliphatic heterocycles. The van der Waals surface area contributed by atoms with Crippen LogP contribution in [0.25, 0.3) is 10.8 Å². The lowest BCUT2D eigenvalue weighted by Crippen LogP contribution is -2.42. The van der Waals surface area contributed by atoms with Gasteiger partial charge in [0, 0.05) is 5.56 Å². The van der Waals surface area contributed by atoms with Gasteiger partial charge in [0.2, 0.25) is 10.0 Å². The number of rotatable bonds is 10. The number of hydrogen-bond acceptors (Lipinski definition) is 5. The highest BCUT2D eigenvalue weighted by atomic mass is 35.5. The predicted octanol–water partition coefficient (Wildman–Crippen LogP) is 4.41. The van der Waals surface area contributed by atoms with Gasteiger partial charge in [-0.3, -0.25) is 10.2 Å². The molecular weight excluding hydrogens is 526 g/mol. The Morgan fingerprint density at radius 2 is 1.55 bits per heavy atom. The molecule has 1 atom stereocenters. The smallest absolute Gasteiger partial charge is 0.322 e. The molecule has 4 aromatic carbocycles. The van der Waals surface area contributed by atoms with Crippen molar-refractivity contribution in [3.05, 3.63) is 107 Å². The Morgan fingerprint density at radius 3 is 2.18 bits per heavy atom. The van der Waals surface area contributed by atoms with Crippen molar-refractivity contribution in [2.45, 2.75) is 30.9 Å². The lowest BCUT2D eigenvalue weighted by Gasteiger charge is -2.16. The molecule has 10 heteroatoms. The van der Waals surface area contributed by atoms with E-state index in [1.54, 1.807) is 30.3 Å². The number of ether oxygens (including phenoxy) is 1. The molecule has 198 valence electrons. The summed E-state index contributed by atoms with van der Waals surface area (Å²) < 4.78 is 33.6. The van der Waals surface area contributed by atoms with Gasteiger partial charge < -0.3 is 15.6 Å². The van der Waals surface area contributed by atoms with Crippen LogP contribution in [0.3, 0.4) is 0 Å². The van der Waals surface area contributed by atoms with Gasteiger partial charge in [0.25, 0.3) is 0 Å². The average molecular weight is 554 g/mol. The number of aliphatic carboxylic acids is 1. The average Bonchev–Trinajstić information content (AvgIpc) is 2.87. The third-order valence-corrected chi connectivity index (χ3v) is 7.40. The van der Waals surface area contributed by atoms with Crippen LogP contribution in [0.4, 0.5) is 0 Å². The molecule has 38 heavy (non-hydrogen) atoms. The molecule has 0 radical (unpaired) electrons. The molecule has 0 saturated heterocycles. The van der Waals surface area contributed by atoms with E-state index in [9.17, 15) is 18.3 Å². The van der Waals surface area contributed by atoms with Gasteiger partial charge >= 0.3 is 5.97 Å². The number of benzene rings is 4. The normalized spacial score (nSPS) is 11.9. The summed E-state index contributed by atoms with van der Waals surface area (Å²) in [7, 11) is -3.99. The number of fused-ring (bicyclic) bond motifs is 1. The van der Waals surface area contributed by atoms with E-state index in [0.717, 1.165) is 21.9 Å². The third kappa shape index (κ3) is 7.10. The first-order valence-electron chi connectivity index (χ1n) is 11.5. The minimum absolute atomic E-state index is 0. The number of halogens is 1. The highest BCUT2D eigenvalue weighted by Crippen LogP contribution is 2.24. The van der Waals surface area contributed by atoms with E-state index >= 15 is 0 Å². The monoisotopic (exact) mass is 553 g/mol. The lowest BCUT2D eigenvalue weighted by atomic mass is 10.0. The molecule has 5 N–H and O–H groups in total. The molecule has 0 bridgehead atoms. The highest BCUT2D eigenvalue weighted by Gasteiger charge is 2.25. The van der Waals surface area contributed by atoms with Gasteiger partial charge in [-0.15, -0.1) is 12.4 Å². The van der Waals surface area contributed by atoms with Crippen LogP contribution in [0.5, 0.6) is 5.75 Å². The first kappa shape index (κ1) is 28.6. The van der Waals surface area contributed by atoms with E-state index in [2.05, 4.69) is 4.72 Å². The van der Waals surface area contributed by atoms with Crippen LogP contribution < -0.4 is 15.2 Å². The quantitative estimate of drug-likeness (QED) is 0.169. The summed E-state index contributed by atoms with van der Waals surface area (Å²) in [5.41, 5.74) is 8.66. The number of nitrogen functional groups attached to an aromatic ring is 1. The Kier molecular flexibility index (Phi) is 9.11. The summed E-state index contributed by atoms with van der Waals surface area (Å²) in [6.07, 6.45) is -0.00905. The fraction of sp³-hybridized carbons (Fsp3) is 0.143. The molecule has 1 unspecified atom stereocenters. The van der Waals surface area contributed by atoms with Gasteiger partial charge in [0.1, 0.15) is 24.2 Å². The molecule has 0 aliphatic rings. The van der Waals surface area contributed by atoms with E-state index in [1.165, 1.54) is 12.1 Å². The zero-order valence-electron chi connectivity index (χ0n) is 20.5. The van der Waals surface area contributed by atoms with Gasteiger partial charge in [-0.25, -0.2) is 8.42 Å². The fourth-order valence-corrected chi connectivity index (χ4v) is 5.01. The summed E-state index contributed by atoms with van der Waals surface area (Å²) >= 11 is 0. The van der Waals surface area contributed by atoms with Gasteiger partial charge in [0.05, 0.1) is 4.90 Å². The number of carbonyl (C=O) groups is 1. The zero-order valence-corrected chi connectivity index (χ0v) is 22.2. The molecular formula is C28H28ClN3O5S. The molecule has 0 heterocycles. The molecule has 4 rings (SSSR count). The van der Waals surface area contributed by atoms with Crippen molar-refractivity contribution in [1.29, 1.82) is 5.41 Å². The zero-order chi connectivity index (χ0) is 26.6. The summed E-state index contributed by atoms with van der Waals surface area (Å²) in [5, 5.41) is 18.9. The van der Waals surface area contributed by atoms with Crippen molar-refractivity contribution in [2.24, 2.45) is 5.73 Å². The number of carboxylic acid groups (broad SMARTS) is 1. The Balaban J connectivity index is 0.00000400. The van der Waals surface area contributed by atoms with E-state index < -0.39 is 22.0 Å². The van der Waals surface area contributed by atoms with Crippen LogP contribution in [0.2, 0.25) is 0 Å². The molecule has 0 spiro atoms. The Bertz CT molecular complexity index is 1560. The maximum Gasteiger partial charge on any atom is 0.322 e. The number of amidine groups is 1. The van der Waals surface area contributed by atoms with Crippen molar-refractivity contribution in [3.63, 3.8) is 0 Å². The topological polar surface area (TPSA) is 143 Å². The second kappa shape index (κ2) is 12.1. The Labute approximate surface area is 227 Å². The molecule has 4 aromatic rings. The highest BCUT2D eigenvalue weighted by molar-refractivity contribution is 7.89. The Morgan fingerprint density at radius 1 is 0.947 bits per heavy atom. The summed E-state index contributed by atoms with van der Waals surface area (Å²) in [6, 6.07) is 23.2. The summed E-state index contributed by atoms with van der Waals surface area (Å²) in [4.78, 5) is 11.9. The summed E-state index contributed by atoms with van der Waals surface area (Å²) in [5.74, 6) is -0.569. The first-order chi connectivity index (χ1) is 17.6. The van der Waals surface area contributed by atoms with Crippen molar-refractivity contribution in [2.75, 3.05) is 0 Å². The van der Waals surface area contributed by atoms with Crippen LogP contribution in [0.15, 0.2) is 89.8 Å². The maximum absolute atomic E-state index is 12.7. The van der Waals surface area contributed by atoms with Crippen molar-refractivity contribution in [3.8, 4) is 5.75 Å². The SMILES string of the molecule is Cc1ccc(S(=O)(=O)NC(Cc2ccc3cc(OCc4ccc(C(=N)N)cc4)ccc3c2)C(=O)O)cc1.Cl. The van der Waals surface area contributed by atoms with Crippen molar-refractivity contribution in [1.82, 2.24) is 4.72 Å². The lowest BCUT2D eigenvalue weighted by molar-refractivity contribution is -0.138. The van der Waals surface area contributed by atoms with Gasteiger partial charge in [-0.1, -0.05) is 66.2 Å². The number of sulfonamides is 1. The molecule has 0 aliphatic carbocycles. The largest absolute Gasteiger partial charge is 0.489 e. The van der Waals surface area contributed by atoms with Crippen molar-refractivity contribution < 1.29 is 23.1 Å². The molecule has 0 fully saturated rings. The van der Waals surface area contributed by atoms with Gasteiger partial charge in [0.15, 0.2) is 0 Å². The van der Waals surface area contributed by atoms with E-state index in [4.69, 9.17) is 15.9 Å².